The van der Waals surface area contributed by atoms with Gasteiger partial charge in [0.15, 0.2) is 0 Å². The fraction of sp³-hybridized carbons (Fsp3) is 0.571. The second kappa shape index (κ2) is 6.96. The summed E-state index contributed by atoms with van der Waals surface area (Å²) in [6.45, 7) is 4.89. The third-order valence-electron chi connectivity index (χ3n) is 3.19. The highest BCUT2D eigenvalue weighted by Crippen LogP contribution is 2.23. The van der Waals surface area contributed by atoms with E-state index >= 15 is 0 Å². The predicted octanol–water partition coefficient (Wildman–Crippen LogP) is 2.10. The van der Waals surface area contributed by atoms with Crippen LogP contribution in [0.4, 0.5) is 0 Å². The number of hydrogen-bond acceptors (Lipinski definition) is 4. The highest BCUT2D eigenvalue weighted by molar-refractivity contribution is 7.89. The van der Waals surface area contributed by atoms with E-state index in [4.69, 9.17) is 21.1 Å². The number of halogens is 1. The largest absolute Gasteiger partial charge is 0.492 e. The minimum atomic E-state index is -3.49. The zero-order valence-electron chi connectivity index (χ0n) is 12.2. The maximum Gasteiger partial charge on any atom is 0.243 e. The molecule has 0 spiro atoms. The van der Waals surface area contributed by atoms with E-state index < -0.39 is 10.0 Å². The van der Waals surface area contributed by atoms with Crippen LogP contribution < -0.4 is 4.74 Å². The minimum Gasteiger partial charge on any atom is -0.492 e. The average molecular weight is 334 g/mol. The van der Waals surface area contributed by atoms with Crippen molar-refractivity contribution in [3.05, 3.63) is 24.3 Å². The number of alkyl halides is 1. The van der Waals surface area contributed by atoms with Crippen LogP contribution in [0, 0.1) is 0 Å². The molecule has 1 heterocycles. The Balaban J connectivity index is 2.15. The molecule has 0 amide bonds. The first kappa shape index (κ1) is 16.5. The lowest BCUT2D eigenvalue weighted by Gasteiger charge is -2.34. The molecule has 0 bridgehead atoms. The molecular weight excluding hydrogens is 314 g/mol. The van der Waals surface area contributed by atoms with Crippen molar-refractivity contribution in [1.82, 2.24) is 4.31 Å². The first-order valence-corrected chi connectivity index (χ1v) is 8.85. The molecule has 1 aliphatic rings. The number of morpholine rings is 1. The van der Waals surface area contributed by atoms with Gasteiger partial charge in [-0.1, -0.05) is 0 Å². The summed E-state index contributed by atoms with van der Waals surface area (Å²) in [4.78, 5) is 0.266. The SMILES string of the molecule is C[C@@H]1CN(S(=O)(=O)c2ccc(OCCCl)cc2)C[C@H](C)O1. The maximum absolute atomic E-state index is 12.6. The Morgan fingerprint density at radius 2 is 1.81 bits per heavy atom. The Labute approximate surface area is 130 Å². The Morgan fingerprint density at radius 3 is 2.33 bits per heavy atom. The number of sulfonamides is 1. The van der Waals surface area contributed by atoms with Gasteiger partial charge < -0.3 is 9.47 Å². The van der Waals surface area contributed by atoms with Gasteiger partial charge in [-0.2, -0.15) is 4.31 Å². The van der Waals surface area contributed by atoms with E-state index in [0.29, 0.717) is 31.3 Å². The van der Waals surface area contributed by atoms with Crippen LogP contribution in [0.1, 0.15) is 13.8 Å². The molecule has 0 saturated carbocycles. The molecular formula is C14H20ClNO4S. The monoisotopic (exact) mass is 333 g/mol. The minimum absolute atomic E-state index is 0.102. The van der Waals surface area contributed by atoms with Crippen molar-refractivity contribution in [2.75, 3.05) is 25.6 Å². The van der Waals surface area contributed by atoms with Gasteiger partial charge in [-0.05, 0) is 38.1 Å². The summed E-state index contributed by atoms with van der Waals surface area (Å²) < 4.78 is 37.6. The molecule has 0 N–H and O–H groups in total. The van der Waals surface area contributed by atoms with Crippen LogP contribution in [0.5, 0.6) is 5.75 Å². The molecule has 0 unspecified atom stereocenters. The van der Waals surface area contributed by atoms with E-state index in [1.54, 1.807) is 24.3 Å². The van der Waals surface area contributed by atoms with Crippen molar-refractivity contribution in [3.63, 3.8) is 0 Å². The lowest BCUT2D eigenvalue weighted by molar-refractivity contribution is -0.0440. The fourth-order valence-electron chi connectivity index (χ4n) is 2.34. The molecule has 5 nitrogen and oxygen atoms in total. The molecule has 0 radical (unpaired) electrons. The van der Waals surface area contributed by atoms with Crippen molar-refractivity contribution in [3.8, 4) is 5.75 Å². The van der Waals surface area contributed by atoms with Gasteiger partial charge in [-0.15, -0.1) is 11.6 Å². The van der Waals surface area contributed by atoms with Gasteiger partial charge in [-0.25, -0.2) is 8.42 Å². The molecule has 21 heavy (non-hydrogen) atoms. The highest BCUT2D eigenvalue weighted by atomic mass is 35.5. The predicted molar refractivity (Wildman–Crippen MR) is 81.4 cm³/mol. The summed E-state index contributed by atoms with van der Waals surface area (Å²) in [6, 6.07) is 6.41. The third kappa shape index (κ3) is 4.10. The highest BCUT2D eigenvalue weighted by Gasteiger charge is 2.32. The second-order valence-electron chi connectivity index (χ2n) is 5.09. The van der Waals surface area contributed by atoms with Crippen molar-refractivity contribution >= 4 is 21.6 Å². The molecule has 2 atom stereocenters. The van der Waals surface area contributed by atoms with Gasteiger partial charge in [-0.3, -0.25) is 0 Å². The summed E-state index contributed by atoms with van der Waals surface area (Å²) in [7, 11) is -3.49. The molecule has 2 rings (SSSR count). The third-order valence-corrected chi connectivity index (χ3v) is 5.19. The Hall–Kier alpha value is -0.820. The molecule has 1 saturated heterocycles. The van der Waals surface area contributed by atoms with E-state index in [9.17, 15) is 8.42 Å². The van der Waals surface area contributed by atoms with Crippen molar-refractivity contribution < 1.29 is 17.9 Å². The van der Waals surface area contributed by atoms with E-state index in [-0.39, 0.29) is 17.1 Å². The topological polar surface area (TPSA) is 55.8 Å². The van der Waals surface area contributed by atoms with Crippen molar-refractivity contribution in [2.45, 2.75) is 31.0 Å². The summed E-state index contributed by atoms with van der Waals surface area (Å²) in [5.74, 6) is 1.00. The van der Waals surface area contributed by atoms with E-state index in [0.717, 1.165) is 0 Å². The van der Waals surface area contributed by atoms with Crippen molar-refractivity contribution in [1.29, 1.82) is 0 Å². The second-order valence-corrected chi connectivity index (χ2v) is 7.40. The number of hydrogen-bond donors (Lipinski definition) is 0. The zero-order valence-corrected chi connectivity index (χ0v) is 13.7. The first-order valence-electron chi connectivity index (χ1n) is 6.88. The maximum atomic E-state index is 12.6. The summed E-state index contributed by atoms with van der Waals surface area (Å²) in [6.07, 6.45) is -0.204. The summed E-state index contributed by atoms with van der Waals surface area (Å²) in [5, 5.41) is 0. The number of rotatable bonds is 5. The van der Waals surface area contributed by atoms with Crippen molar-refractivity contribution in [2.24, 2.45) is 0 Å². The van der Waals surface area contributed by atoms with Gasteiger partial charge in [0.05, 0.1) is 23.0 Å². The lowest BCUT2D eigenvalue weighted by atomic mass is 10.3. The average Bonchev–Trinajstić information content (AvgIpc) is 2.44. The van der Waals surface area contributed by atoms with Crippen LogP contribution in [0.15, 0.2) is 29.2 Å². The molecule has 118 valence electrons. The van der Waals surface area contributed by atoms with Crippen LogP contribution in [0.3, 0.4) is 0 Å². The summed E-state index contributed by atoms with van der Waals surface area (Å²) >= 11 is 5.54. The molecule has 0 aromatic heterocycles. The number of ether oxygens (including phenoxy) is 2. The first-order chi connectivity index (χ1) is 9.93. The Bertz CT molecular complexity index is 551. The molecule has 7 heteroatoms. The smallest absolute Gasteiger partial charge is 0.243 e. The molecule has 1 aromatic carbocycles. The molecule has 1 fully saturated rings. The van der Waals surface area contributed by atoms with E-state index in [1.165, 1.54) is 4.31 Å². The van der Waals surface area contributed by atoms with E-state index in [1.807, 2.05) is 13.8 Å². The van der Waals surface area contributed by atoms with Crippen LogP contribution in [-0.4, -0.2) is 50.5 Å². The van der Waals surface area contributed by atoms with E-state index in [2.05, 4.69) is 0 Å². The molecule has 1 aromatic rings. The Kier molecular flexibility index (Phi) is 5.48. The Morgan fingerprint density at radius 1 is 1.24 bits per heavy atom. The number of nitrogens with zero attached hydrogens (tertiary/aromatic N) is 1. The van der Waals surface area contributed by atoms with Gasteiger partial charge >= 0.3 is 0 Å². The van der Waals surface area contributed by atoms with Gasteiger partial charge in [0.1, 0.15) is 12.4 Å². The van der Waals surface area contributed by atoms with Crippen LogP contribution in [-0.2, 0) is 14.8 Å². The van der Waals surface area contributed by atoms with Gasteiger partial charge in [0.2, 0.25) is 10.0 Å². The number of benzene rings is 1. The standard InChI is InChI=1S/C14H20ClNO4S/c1-11-9-16(10-12(2)20-11)21(17,18)14-5-3-13(4-6-14)19-8-7-15/h3-6,11-12H,7-10H2,1-2H3/t11-,12+. The quantitative estimate of drug-likeness (QED) is 0.774. The van der Waals surface area contributed by atoms with Crippen LogP contribution >= 0.6 is 11.6 Å². The van der Waals surface area contributed by atoms with Gasteiger partial charge in [0.25, 0.3) is 0 Å². The van der Waals surface area contributed by atoms with Crippen LogP contribution in [0.25, 0.3) is 0 Å². The fourth-order valence-corrected chi connectivity index (χ4v) is 4.01. The molecule has 0 aliphatic carbocycles. The zero-order chi connectivity index (χ0) is 15.5. The molecule has 1 aliphatic heterocycles. The summed E-state index contributed by atoms with van der Waals surface area (Å²) in [5.41, 5.74) is 0. The van der Waals surface area contributed by atoms with Gasteiger partial charge in [0, 0.05) is 13.1 Å². The normalized spacial score (nSPS) is 24.0. The lowest BCUT2D eigenvalue weighted by Crippen LogP contribution is -2.48. The van der Waals surface area contributed by atoms with Crippen LogP contribution in [0.2, 0.25) is 0 Å².